The molecule has 0 bridgehead atoms. The molecule has 0 saturated heterocycles. The summed E-state index contributed by atoms with van der Waals surface area (Å²) in [6, 6.07) is 5.45. The van der Waals surface area contributed by atoms with E-state index in [2.05, 4.69) is 20.3 Å². The zero-order valence-corrected chi connectivity index (χ0v) is 14.4. The van der Waals surface area contributed by atoms with Crippen molar-refractivity contribution < 1.29 is 9.53 Å². The number of carbonyl (C=O) groups excluding carboxylic acids is 1. The van der Waals surface area contributed by atoms with Crippen LogP contribution in [0.15, 0.2) is 29.2 Å². The van der Waals surface area contributed by atoms with Crippen LogP contribution in [0.2, 0.25) is 0 Å². The Morgan fingerprint density at radius 3 is 2.92 bits per heavy atom. The van der Waals surface area contributed by atoms with Crippen molar-refractivity contribution in [3.05, 3.63) is 40.4 Å². The third kappa shape index (κ3) is 4.04. The van der Waals surface area contributed by atoms with E-state index in [1.54, 1.807) is 6.20 Å². The van der Waals surface area contributed by atoms with Crippen molar-refractivity contribution in [2.75, 3.05) is 12.4 Å². The van der Waals surface area contributed by atoms with Gasteiger partial charge in [-0.2, -0.15) is 0 Å². The van der Waals surface area contributed by atoms with Gasteiger partial charge in [0.05, 0.1) is 13.0 Å². The fraction of sp³-hybridized carbons (Fsp3) is 0.444. The minimum Gasteiger partial charge on any atom is -0.469 e. The lowest BCUT2D eigenvalue weighted by atomic mass is 10.1. The summed E-state index contributed by atoms with van der Waals surface area (Å²) in [4.78, 5) is 34.8. The highest BCUT2D eigenvalue weighted by Gasteiger charge is 2.30. The van der Waals surface area contributed by atoms with Crippen LogP contribution in [0.1, 0.15) is 31.9 Å². The highest BCUT2D eigenvalue weighted by Crippen LogP contribution is 2.28. The minimum atomic E-state index is -0.163. The monoisotopic (exact) mass is 342 g/mol. The van der Waals surface area contributed by atoms with Crippen LogP contribution in [0.25, 0.3) is 11.4 Å². The molecule has 1 saturated carbocycles. The molecule has 0 unspecified atom stereocenters. The fourth-order valence-corrected chi connectivity index (χ4v) is 3.15. The van der Waals surface area contributed by atoms with Gasteiger partial charge in [0.15, 0.2) is 0 Å². The van der Waals surface area contributed by atoms with Crippen LogP contribution >= 0.6 is 0 Å². The number of nitrogens with one attached hydrogen (secondary N) is 2. The molecule has 0 radical (unpaired) electrons. The standard InChI is InChI=1S/C18H22N4O3/c1-3-13-9-16(23)22-17(21-13)12-5-7-15(19-10-12)20-14-6-4-11(8-14)18(24)25-2/h5,7,9-11,14H,3-4,6,8H2,1-2H3,(H,19,20)(H,21,22,23)/t11-,14+/m0/s1. The summed E-state index contributed by atoms with van der Waals surface area (Å²) in [6.45, 7) is 1.96. The number of anilines is 1. The number of nitrogens with zero attached hydrogens (tertiary/aromatic N) is 2. The van der Waals surface area contributed by atoms with E-state index in [9.17, 15) is 9.59 Å². The molecule has 2 atom stereocenters. The molecular formula is C18H22N4O3. The van der Waals surface area contributed by atoms with E-state index in [0.29, 0.717) is 12.2 Å². The number of carbonyl (C=O) groups is 1. The molecule has 1 aliphatic rings. The van der Waals surface area contributed by atoms with Gasteiger partial charge in [-0.15, -0.1) is 0 Å². The molecule has 0 aliphatic heterocycles. The van der Waals surface area contributed by atoms with Crippen molar-refractivity contribution in [3.8, 4) is 11.4 Å². The predicted molar refractivity (Wildman–Crippen MR) is 94.2 cm³/mol. The van der Waals surface area contributed by atoms with Gasteiger partial charge in [0.2, 0.25) is 0 Å². The summed E-state index contributed by atoms with van der Waals surface area (Å²) >= 11 is 0. The topological polar surface area (TPSA) is 97.0 Å². The van der Waals surface area contributed by atoms with Gasteiger partial charge in [-0.3, -0.25) is 9.59 Å². The summed E-state index contributed by atoms with van der Waals surface area (Å²) in [6.07, 6.45) is 4.89. The third-order valence-corrected chi connectivity index (χ3v) is 4.51. The maximum Gasteiger partial charge on any atom is 0.308 e. The van der Waals surface area contributed by atoms with Crippen LogP contribution in [0.3, 0.4) is 0 Å². The van der Waals surface area contributed by atoms with Crippen LogP contribution in [-0.2, 0) is 16.0 Å². The van der Waals surface area contributed by atoms with E-state index in [0.717, 1.165) is 36.3 Å². The fourth-order valence-electron chi connectivity index (χ4n) is 3.15. The second-order valence-corrected chi connectivity index (χ2v) is 6.25. The molecule has 0 amide bonds. The SMILES string of the molecule is CCc1cc(=O)[nH]c(-c2ccc(N[C@@H]3CC[C@H](C(=O)OC)C3)nc2)n1. The Labute approximate surface area is 145 Å². The largest absolute Gasteiger partial charge is 0.469 e. The number of hydrogen-bond acceptors (Lipinski definition) is 6. The molecule has 0 aromatic carbocycles. The zero-order valence-electron chi connectivity index (χ0n) is 14.4. The van der Waals surface area contributed by atoms with Gasteiger partial charge in [-0.1, -0.05) is 6.92 Å². The average molecular weight is 342 g/mol. The lowest BCUT2D eigenvalue weighted by Crippen LogP contribution is -2.19. The summed E-state index contributed by atoms with van der Waals surface area (Å²) in [5.74, 6) is 1.09. The first-order valence-electron chi connectivity index (χ1n) is 8.50. The average Bonchev–Trinajstić information content (AvgIpc) is 3.09. The maximum absolute atomic E-state index is 11.7. The summed E-state index contributed by atoms with van der Waals surface area (Å²) in [5, 5.41) is 3.35. The summed E-state index contributed by atoms with van der Waals surface area (Å²) in [7, 11) is 1.43. The van der Waals surface area contributed by atoms with E-state index in [1.807, 2.05) is 19.1 Å². The Bertz CT molecular complexity index is 801. The number of methoxy groups -OCH3 is 1. The summed E-state index contributed by atoms with van der Waals surface area (Å²) in [5.41, 5.74) is 1.35. The molecule has 132 valence electrons. The van der Waals surface area contributed by atoms with Gasteiger partial charge in [0.1, 0.15) is 11.6 Å². The second-order valence-electron chi connectivity index (χ2n) is 6.25. The van der Waals surface area contributed by atoms with Crippen molar-refractivity contribution in [1.29, 1.82) is 0 Å². The van der Waals surface area contributed by atoms with Crippen LogP contribution in [0.4, 0.5) is 5.82 Å². The maximum atomic E-state index is 11.7. The Morgan fingerprint density at radius 1 is 1.40 bits per heavy atom. The number of aromatic amines is 1. The van der Waals surface area contributed by atoms with Crippen LogP contribution < -0.4 is 10.9 Å². The van der Waals surface area contributed by atoms with E-state index in [1.165, 1.54) is 13.2 Å². The summed E-state index contributed by atoms with van der Waals surface area (Å²) < 4.78 is 4.81. The molecule has 7 heteroatoms. The normalized spacial score (nSPS) is 19.6. The molecule has 3 rings (SSSR count). The van der Waals surface area contributed by atoms with E-state index < -0.39 is 0 Å². The first-order valence-corrected chi connectivity index (χ1v) is 8.50. The second kappa shape index (κ2) is 7.46. The predicted octanol–water partition coefficient (Wildman–Crippen LogP) is 2.15. The van der Waals surface area contributed by atoms with Crippen molar-refractivity contribution >= 4 is 11.8 Å². The van der Waals surface area contributed by atoms with Crippen molar-refractivity contribution in [3.63, 3.8) is 0 Å². The number of H-pyrrole nitrogens is 1. The third-order valence-electron chi connectivity index (χ3n) is 4.51. The quantitative estimate of drug-likeness (QED) is 0.808. The molecule has 1 fully saturated rings. The zero-order chi connectivity index (χ0) is 17.8. The minimum absolute atomic E-state index is 0.0344. The molecule has 2 aromatic rings. The van der Waals surface area contributed by atoms with Crippen LogP contribution in [0, 0.1) is 5.92 Å². The van der Waals surface area contributed by atoms with Gasteiger partial charge < -0.3 is 15.0 Å². The van der Waals surface area contributed by atoms with E-state index in [-0.39, 0.29) is 23.5 Å². The number of ether oxygens (including phenoxy) is 1. The lowest BCUT2D eigenvalue weighted by molar-refractivity contribution is -0.145. The molecule has 2 N–H and O–H groups in total. The van der Waals surface area contributed by atoms with Gasteiger partial charge in [0, 0.05) is 29.6 Å². The van der Waals surface area contributed by atoms with E-state index >= 15 is 0 Å². The molecule has 0 spiro atoms. The number of esters is 1. The Balaban J connectivity index is 1.68. The van der Waals surface area contributed by atoms with Crippen LogP contribution in [-0.4, -0.2) is 34.1 Å². The lowest BCUT2D eigenvalue weighted by Gasteiger charge is -2.13. The number of pyridine rings is 1. The first-order chi connectivity index (χ1) is 12.1. The smallest absolute Gasteiger partial charge is 0.308 e. The number of aromatic nitrogens is 3. The van der Waals surface area contributed by atoms with Gasteiger partial charge in [0.25, 0.3) is 5.56 Å². The number of aryl methyl sites for hydroxylation is 1. The van der Waals surface area contributed by atoms with Gasteiger partial charge >= 0.3 is 5.97 Å². The molecule has 7 nitrogen and oxygen atoms in total. The highest BCUT2D eigenvalue weighted by molar-refractivity contribution is 5.72. The highest BCUT2D eigenvalue weighted by atomic mass is 16.5. The van der Waals surface area contributed by atoms with Gasteiger partial charge in [-0.25, -0.2) is 9.97 Å². The number of hydrogen-bond donors (Lipinski definition) is 2. The Morgan fingerprint density at radius 2 is 2.24 bits per heavy atom. The van der Waals surface area contributed by atoms with Crippen molar-refractivity contribution in [2.45, 2.75) is 38.6 Å². The van der Waals surface area contributed by atoms with Gasteiger partial charge in [-0.05, 0) is 37.8 Å². The van der Waals surface area contributed by atoms with Crippen LogP contribution in [0.5, 0.6) is 0 Å². The Kier molecular flexibility index (Phi) is 5.11. The van der Waals surface area contributed by atoms with Crippen molar-refractivity contribution in [2.24, 2.45) is 5.92 Å². The first kappa shape index (κ1) is 17.1. The molecular weight excluding hydrogens is 320 g/mol. The molecule has 2 heterocycles. The molecule has 1 aliphatic carbocycles. The molecule has 2 aromatic heterocycles. The number of rotatable bonds is 5. The van der Waals surface area contributed by atoms with Crippen molar-refractivity contribution in [1.82, 2.24) is 15.0 Å². The Hall–Kier alpha value is -2.70. The van der Waals surface area contributed by atoms with E-state index in [4.69, 9.17) is 4.74 Å². The molecule has 25 heavy (non-hydrogen) atoms.